The topological polar surface area (TPSA) is 45.2 Å². The Kier molecular flexibility index (Phi) is 7.10. The van der Waals surface area contributed by atoms with E-state index in [1.54, 1.807) is 30.5 Å². The van der Waals surface area contributed by atoms with Crippen molar-refractivity contribution in [3.8, 4) is 0 Å². The Morgan fingerprint density at radius 2 is 1.53 bits per heavy atom. The van der Waals surface area contributed by atoms with Crippen molar-refractivity contribution in [3.05, 3.63) is 101 Å². The van der Waals surface area contributed by atoms with E-state index in [4.69, 9.17) is 0 Å². The fourth-order valence-corrected chi connectivity index (χ4v) is 4.47. The summed E-state index contributed by atoms with van der Waals surface area (Å²) in [6.45, 7) is 1.85. The number of amides is 2. The third-order valence-corrected chi connectivity index (χ3v) is 6.14. The number of urea groups is 1. The highest BCUT2D eigenvalue weighted by Gasteiger charge is 2.30. The SMILES string of the molecule is O=C(NCCc1ccccn1)N1CCC(C(c2ccc(F)cc2)c2ccc(F)cc2)CC1. The van der Waals surface area contributed by atoms with Crippen LogP contribution in [-0.4, -0.2) is 35.5 Å². The van der Waals surface area contributed by atoms with Crippen LogP contribution in [0.4, 0.5) is 13.6 Å². The quantitative estimate of drug-likeness (QED) is 0.582. The molecule has 2 amide bonds. The predicted octanol–water partition coefficient (Wildman–Crippen LogP) is 5.16. The molecule has 0 aliphatic carbocycles. The van der Waals surface area contributed by atoms with Gasteiger partial charge in [0.2, 0.25) is 0 Å². The van der Waals surface area contributed by atoms with Gasteiger partial charge in [0.1, 0.15) is 11.6 Å². The number of halogens is 2. The van der Waals surface area contributed by atoms with Crippen molar-refractivity contribution < 1.29 is 13.6 Å². The predicted molar refractivity (Wildman–Crippen MR) is 120 cm³/mol. The molecule has 1 saturated heterocycles. The van der Waals surface area contributed by atoms with Gasteiger partial charge in [-0.25, -0.2) is 13.6 Å². The van der Waals surface area contributed by atoms with Crippen molar-refractivity contribution in [1.29, 1.82) is 0 Å². The molecular weight excluding hydrogens is 408 g/mol. The van der Waals surface area contributed by atoms with Crippen LogP contribution < -0.4 is 5.32 Å². The summed E-state index contributed by atoms with van der Waals surface area (Å²) in [6, 6.07) is 18.8. The van der Waals surface area contributed by atoms with Crippen LogP contribution in [0.1, 0.15) is 35.6 Å². The Labute approximate surface area is 187 Å². The molecule has 3 aromatic rings. The maximum absolute atomic E-state index is 13.5. The Morgan fingerprint density at radius 3 is 2.06 bits per heavy atom. The van der Waals surface area contributed by atoms with Crippen LogP contribution in [0.15, 0.2) is 72.9 Å². The standard InChI is InChI=1S/C26H27F2N3O/c27-22-8-4-19(5-9-22)25(20-6-10-23(28)11-7-20)21-13-17-31(18-14-21)26(32)30-16-12-24-3-1-2-15-29-24/h1-11,15,21,25H,12-14,16-18H2,(H,30,32). The van der Waals surface area contributed by atoms with Gasteiger partial charge in [-0.15, -0.1) is 0 Å². The second-order valence-corrected chi connectivity index (χ2v) is 8.21. The Bertz CT molecular complexity index is 956. The van der Waals surface area contributed by atoms with Crippen LogP contribution in [0.25, 0.3) is 0 Å². The van der Waals surface area contributed by atoms with E-state index in [2.05, 4.69) is 10.3 Å². The summed E-state index contributed by atoms with van der Waals surface area (Å²) in [5, 5.41) is 2.98. The number of nitrogens with zero attached hydrogens (tertiary/aromatic N) is 2. The number of benzene rings is 2. The number of hydrogen-bond acceptors (Lipinski definition) is 2. The zero-order chi connectivity index (χ0) is 22.3. The number of carbonyl (C=O) groups is 1. The first kappa shape index (κ1) is 21.9. The van der Waals surface area contributed by atoms with Gasteiger partial charge >= 0.3 is 6.03 Å². The summed E-state index contributed by atoms with van der Waals surface area (Å²) < 4.78 is 27.0. The summed E-state index contributed by atoms with van der Waals surface area (Å²) in [7, 11) is 0. The number of aromatic nitrogens is 1. The average Bonchev–Trinajstić information content (AvgIpc) is 2.83. The molecule has 0 saturated carbocycles. The molecule has 1 aliphatic heterocycles. The molecule has 6 heteroatoms. The molecular formula is C26H27F2N3O. The largest absolute Gasteiger partial charge is 0.338 e. The molecule has 1 fully saturated rings. The van der Waals surface area contributed by atoms with Crippen molar-refractivity contribution in [2.45, 2.75) is 25.2 Å². The zero-order valence-electron chi connectivity index (χ0n) is 17.9. The molecule has 4 nitrogen and oxygen atoms in total. The monoisotopic (exact) mass is 435 g/mol. The average molecular weight is 436 g/mol. The van der Waals surface area contributed by atoms with Gasteiger partial charge in [0.15, 0.2) is 0 Å². The summed E-state index contributed by atoms with van der Waals surface area (Å²) in [5.74, 6) is -0.235. The molecule has 0 bridgehead atoms. The molecule has 0 spiro atoms. The smallest absolute Gasteiger partial charge is 0.317 e. The number of piperidine rings is 1. The van der Waals surface area contributed by atoms with Crippen molar-refractivity contribution in [2.24, 2.45) is 5.92 Å². The third-order valence-electron chi connectivity index (χ3n) is 6.14. The molecule has 166 valence electrons. The molecule has 0 radical (unpaired) electrons. The van der Waals surface area contributed by atoms with Crippen LogP contribution in [0.2, 0.25) is 0 Å². The van der Waals surface area contributed by atoms with Crippen molar-refractivity contribution >= 4 is 6.03 Å². The molecule has 1 aliphatic rings. The second-order valence-electron chi connectivity index (χ2n) is 8.21. The number of likely N-dealkylation sites (tertiary alicyclic amines) is 1. The fraction of sp³-hybridized carbons (Fsp3) is 0.308. The van der Waals surface area contributed by atoms with Crippen LogP contribution in [-0.2, 0) is 6.42 Å². The summed E-state index contributed by atoms with van der Waals surface area (Å²) in [6.07, 6.45) is 4.10. The summed E-state index contributed by atoms with van der Waals surface area (Å²) >= 11 is 0. The number of hydrogen-bond donors (Lipinski definition) is 1. The summed E-state index contributed by atoms with van der Waals surface area (Å²) in [5.41, 5.74) is 2.97. The molecule has 0 atom stereocenters. The van der Waals surface area contributed by atoms with Gasteiger partial charge in [-0.05, 0) is 66.3 Å². The van der Waals surface area contributed by atoms with E-state index in [0.717, 1.165) is 29.7 Å². The van der Waals surface area contributed by atoms with Gasteiger partial charge in [0.25, 0.3) is 0 Å². The van der Waals surface area contributed by atoms with Gasteiger partial charge in [0, 0.05) is 43.9 Å². The van der Waals surface area contributed by atoms with Gasteiger partial charge in [-0.3, -0.25) is 4.98 Å². The first-order valence-corrected chi connectivity index (χ1v) is 11.0. The highest BCUT2D eigenvalue weighted by Crippen LogP contribution is 2.38. The van der Waals surface area contributed by atoms with E-state index in [1.807, 2.05) is 23.1 Å². The van der Waals surface area contributed by atoms with Crippen LogP contribution in [0.3, 0.4) is 0 Å². The number of carbonyl (C=O) groups excluding carboxylic acids is 1. The van der Waals surface area contributed by atoms with Crippen LogP contribution in [0, 0.1) is 17.6 Å². The van der Waals surface area contributed by atoms with Gasteiger partial charge in [-0.2, -0.15) is 0 Å². The second kappa shape index (κ2) is 10.4. The minimum absolute atomic E-state index is 0.0329. The molecule has 1 aromatic heterocycles. The molecule has 2 heterocycles. The van der Waals surface area contributed by atoms with E-state index in [9.17, 15) is 13.6 Å². The molecule has 2 aromatic carbocycles. The lowest BCUT2D eigenvalue weighted by atomic mass is 9.76. The van der Waals surface area contributed by atoms with Crippen LogP contribution >= 0.6 is 0 Å². The number of rotatable bonds is 6. The van der Waals surface area contributed by atoms with Crippen molar-refractivity contribution in [1.82, 2.24) is 15.2 Å². The van der Waals surface area contributed by atoms with Crippen LogP contribution in [0.5, 0.6) is 0 Å². The molecule has 4 rings (SSSR count). The highest BCUT2D eigenvalue weighted by molar-refractivity contribution is 5.74. The van der Waals surface area contributed by atoms with Gasteiger partial charge in [0.05, 0.1) is 0 Å². The Morgan fingerprint density at radius 1 is 0.938 bits per heavy atom. The molecule has 1 N–H and O–H groups in total. The first-order chi connectivity index (χ1) is 15.6. The summed E-state index contributed by atoms with van der Waals surface area (Å²) in [4.78, 5) is 18.7. The van der Waals surface area contributed by atoms with Gasteiger partial charge < -0.3 is 10.2 Å². The Balaban J connectivity index is 1.38. The number of pyridine rings is 1. The first-order valence-electron chi connectivity index (χ1n) is 11.0. The fourth-order valence-electron chi connectivity index (χ4n) is 4.47. The molecule has 32 heavy (non-hydrogen) atoms. The maximum atomic E-state index is 13.5. The normalized spacial score (nSPS) is 14.5. The maximum Gasteiger partial charge on any atom is 0.317 e. The minimum Gasteiger partial charge on any atom is -0.338 e. The van der Waals surface area contributed by atoms with E-state index < -0.39 is 0 Å². The third kappa shape index (κ3) is 5.49. The van der Waals surface area contributed by atoms with Gasteiger partial charge in [-0.1, -0.05) is 30.3 Å². The highest BCUT2D eigenvalue weighted by atomic mass is 19.1. The minimum atomic E-state index is -0.274. The van der Waals surface area contributed by atoms with E-state index >= 15 is 0 Å². The number of nitrogens with one attached hydrogen (secondary N) is 1. The van der Waals surface area contributed by atoms with E-state index in [1.165, 1.54) is 24.3 Å². The lowest BCUT2D eigenvalue weighted by Crippen LogP contribution is -2.45. The van der Waals surface area contributed by atoms with E-state index in [0.29, 0.717) is 26.1 Å². The zero-order valence-corrected chi connectivity index (χ0v) is 17.9. The Hall–Kier alpha value is -3.28. The molecule has 0 unspecified atom stereocenters. The van der Waals surface area contributed by atoms with E-state index in [-0.39, 0.29) is 29.5 Å². The van der Waals surface area contributed by atoms with Crippen molar-refractivity contribution in [3.63, 3.8) is 0 Å². The van der Waals surface area contributed by atoms with Crippen molar-refractivity contribution in [2.75, 3.05) is 19.6 Å². The lowest BCUT2D eigenvalue weighted by Gasteiger charge is -2.36. The lowest BCUT2D eigenvalue weighted by molar-refractivity contribution is 0.166.